The van der Waals surface area contributed by atoms with E-state index in [1.165, 1.54) is 5.56 Å². The molecule has 1 unspecified atom stereocenters. The van der Waals surface area contributed by atoms with E-state index >= 15 is 0 Å². The zero-order chi connectivity index (χ0) is 13.5. The predicted octanol–water partition coefficient (Wildman–Crippen LogP) is 3.43. The van der Waals surface area contributed by atoms with Gasteiger partial charge in [-0.15, -0.1) is 0 Å². The smallest absolute Gasteiger partial charge is 0.119 e. The summed E-state index contributed by atoms with van der Waals surface area (Å²) < 4.78 is 11.1. The molecule has 0 fully saturated rings. The highest BCUT2D eigenvalue weighted by atomic mass is 16.5. The van der Waals surface area contributed by atoms with Crippen molar-refractivity contribution in [1.29, 1.82) is 0 Å². The zero-order valence-corrected chi connectivity index (χ0v) is 11.8. The van der Waals surface area contributed by atoms with Crippen molar-refractivity contribution in [3.8, 4) is 5.75 Å². The third-order valence-corrected chi connectivity index (χ3v) is 3.27. The van der Waals surface area contributed by atoms with E-state index in [1.807, 2.05) is 12.1 Å². The van der Waals surface area contributed by atoms with Gasteiger partial charge in [-0.25, -0.2) is 0 Å². The average molecular weight is 261 g/mol. The molecule has 1 aliphatic heterocycles. The van der Waals surface area contributed by atoms with Crippen molar-refractivity contribution in [3.63, 3.8) is 0 Å². The quantitative estimate of drug-likeness (QED) is 0.851. The molecule has 0 amide bonds. The predicted molar refractivity (Wildman–Crippen MR) is 77.3 cm³/mol. The Balaban J connectivity index is 2.22. The summed E-state index contributed by atoms with van der Waals surface area (Å²) in [5, 5.41) is 3.56. The van der Waals surface area contributed by atoms with Crippen LogP contribution in [0.4, 0.5) is 0 Å². The highest BCUT2D eigenvalue weighted by Crippen LogP contribution is 2.28. The molecule has 0 aliphatic carbocycles. The topological polar surface area (TPSA) is 30.5 Å². The highest BCUT2D eigenvalue weighted by molar-refractivity contribution is 5.34. The Labute approximate surface area is 115 Å². The molecular weight excluding hydrogens is 238 g/mol. The molecular formula is C16H23NO2. The maximum Gasteiger partial charge on any atom is 0.119 e. The molecule has 1 aromatic carbocycles. The molecule has 2 rings (SSSR count). The normalized spacial score (nSPS) is 16.4. The second-order valence-corrected chi connectivity index (χ2v) is 4.76. The van der Waals surface area contributed by atoms with Gasteiger partial charge in [-0.05, 0) is 49.6 Å². The number of hydrogen-bond donors (Lipinski definition) is 1. The van der Waals surface area contributed by atoms with Gasteiger partial charge < -0.3 is 14.8 Å². The van der Waals surface area contributed by atoms with E-state index in [2.05, 4.69) is 30.4 Å². The van der Waals surface area contributed by atoms with E-state index in [9.17, 15) is 0 Å². The molecule has 1 atom stereocenters. The van der Waals surface area contributed by atoms with Crippen LogP contribution in [0.2, 0.25) is 0 Å². The molecule has 1 N–H and O–H groups in total. The van der Waals surface area contributed by atoms with E-state index in [0.29, 0.717) is 0 Å². The van der Waals surface area contributed by atoms with E-state index in [4.69, 9.17) is 9.47 Å². The lowest BCUT2D eigenvalue weighted by atomic mass is 10.0. The van der Waals surface area contributed by atoms with Crippen molar-refractivity contribution in [2.75, 3.05) is 20.3 Å². The minimum Gasteiger partial charge on any atom is -0.497 e. The molecule has 0 saturated carbocycles. The lowest BCUT2D eigenvalue weighted by molar-refractivity contribution is 0.167. The monoisotopic (exact) mass is 261 g/mol. The fourth-order valence-corrected chi connectivity index (χ4v) is 2.27. The molecule has 104 valence electrons. The second-order valence-electron chi connectivity index (χ2n) is 4.76. The molecule has 3 nitrogen and oxygen atoms in total. The molecule has 0 spiro atoms. The van der Waals surface area contributed by atoms with Crippen LogP contribution in [-0.2, 0) is 4.74 Å². The van der Waals surface area contributed by atoms with Crippen molar-refractivity contribution >= 4 is 0 Å². The lowest BCUT2D eigenvalue weighted by Crippen LogP contribution is -2.26. The average Bonchev–Trinajstić information content (AvgIpc) is 2.49. The van der Waals surface area contributed by atoms with Crippen LogP contribution >= 0.6 is 0 Å². The van der Waals surface area contributed by atoms with Gasteiger partial charge in [0.15, 0.2) is 0 Å². The van der Waals surface area contributed by atoms with Gasteiger partial charge in [-0.3, -0.25) is 0 Å². The van der Waals surface area contributed by atoms with Crippen molar-refractivity contribution < 1.29 is 9.47 Å². The summed E-state index contributed by atoms with van der Waals surface area (Å²) in [5.41, 5.74) is 1.20. The van der Waals surface area contributed by atoms with Crippen LogP contribution in [0.1, 0.15) is 37.8 Å². The maximum absolute atomic E-state index is 5.82. The van der Waals surface area contributed by atoms with Gasteiger partial charge in [0.2, 0.25) is 0 Å². The van der Waals surface area contributed by atoms with Crippen molar-refractivity contribution in [2.45, 2.75) is 32.2 Å². The summed E-state index contributed by atoms with van der Waals surface area (Å²) in [6, 6.07) is 8.32. The lowest BCUT2D eigenvalue weighted by Gasteiger charge is -2.25. The summed E-state index contributed by atoms with van der Waals surface area (Å²) in [6.45, 7) is 3.97. The minimum absolute atomic E-state index is 0.135. The number of allylic oxidation sites excluding steroid dienone is 1. The summed E-state index contributed by atoms with van der Waals surface area (Å²) in [6.07, 6.45) is 5.52. The first-order valence-electron chi connectivity index (χ1n) is 7.05. The van der Waals surface area contributed by atoms with Gasteiger partial charge >= 0.3 is 0 Å². The van der Waals surface area contributed by atoms with E-state index < -0.39 is 0 Å². The standard InChI is InChI=1S/C16H23NO2/c1-3-10-17-16(15-9-4-5-11-19-15)13-7-6-8-14(12-13)18-2/h6-9,12,16-17H,3-5,10-11H2,1-2H3. The fourth-order valence-electron chi connectivity index (χ4n) is 2.27. The van der Waals surface area contributed by atoms with Gasteiger partial charge in [0, 0.05) is 0 Å². The van der Waals surface area contributed by atoms with Crippen LogP contribution in [0, 0.1) is 0 Å². The maximum atomic E-state index is 5.82. The second kappa shape index (κ2) is 7.19. The first-order valence-corrected chi connectivity index (χ1v) is 7.05. The van der Waals surface area contributed by atoms with Gasteiger partial charge in [0.25, 0.3) is 0 Å². The van der Waals surface area contributed by atoms with Crippen molar-refractivity contribution in [3.05, 3.63) is 41.7 Å². The van der Waals surface area contributed by atoms with Crippen LogP contribution in [0.25, 0.3) is 0 Å². The Morgan fingerprint density at radius 3 is 3.00 bits per heavy atom. The van der Waals surface area contributed by atoms with Crippen LogP contribution in [0.15, 0.2) is 36.1 Å². The van der Waals surface area contributed by atoms with Crippen molar-refractivity contribution in [1.82, 2.24) is 5.32 Å². The Hall–Kier alpha value is -1.48. The minimum atomic E-state index is 0.135. The van der Waals surface area contributed by atoms with E-state index in [1.54, 1.807) is 7.11 Å². The summed E-state index contributed by atoms with van der Waals surface area (Å²) in [5.74, 6) is 1.94. The molecule has 1 aromatic rings. The number of methoxy groups -OCH3 is 1. The number of hydrogen-bond acceptors (Lipinski definition) is 3. The number of benzene rings is 1. The van der Waals surface area contributed by atoms with Gasteiger partial charge in [-0.1, -0.05) is 19.1 Å². The molecule has 0 saturated heterocycles. The molecule has 1 heterocycles. The molecule has 19 heavy (non-hydrogen) atoms. The van der Waals surface area contributed by atoms with E-state index in [-0.39, 0.29) is 6.04 Å². The summed E-state index contributed by atoms with van der Waals surface area (Å²) >= 11 is 0. The number of rotatable bonds is 6. The zero-order valence-electron chi connectivity index (χ0n) is 11.8. The Bertz CT molecular complexity index is 429. The first-order chi connectivity index (χ1) is 9.35. The SMILES string of the molecule is CCCNC(C1=CCCCO1)c1cccc(OC)c1. The van der Waals surface area contributed by atoms with Crippen LogP contribution < -0.4 is 10.1 Å². The van der Waals surface area contributed by atoms with Gasteiger partial charge in [0.05, 0.1) is 19.8 Å². The summed E-state index contributed by atoms with van der Waals surface area (Å²) in [7, 11) is 1.70. The van der Waals surface area contributed by atoms with Crippen molar-refractivity contribution in [2.24, 2.45) is 0 Å². The summed E-state index contributed by atoms with van der Waals surface area (Å²) in [4.78, 5) is 0. The van der Waals surface area contributed by atoms with Crippen LogP contribution in [0.3, 0.4) is 0 Å². The van der Waals surface area contributed by atoms with Crippen LogP contribution in [0.5, 0.6) is 5.75 Å². The van der Waals surface area contributed by atoms with Crippen LogP contribution in [-0.4, -0.2) is 20.3 Å². The third-order valence-electron chi connectivity index (χ3n) is 3.27. The molecule has 1 aliphatic rings. The van der Waals surface area contributed by atoms with Gasteiger partial charge in [-0.2, -0.15) is 0 Å². The molecule has 0 radical (unpaired) electrons. The third kappa shape index (κ3) is 3.74. The molecule has 0 bridgehead atoms. The number of nitrogens with one attached hydrogen (secondary N) is 1. The largest absolute Gasteiger partial charge is 0.497 e. The van der Waals surface area contributed by atoms with Gasteiger partial charge in [0.1, 0.15) is 11.5 Å². The highest BCUT2D eigenvalue weighted by Gasteiger charge is 2.19. The molecule has 3 heteroatoms. The Kier molecular flexibility index (Phi) is 5.28. The Morgan fingerprint density at radius 1 is 1.42 bits per heavy atom. The Morgan fingerprint density at radius 2 is 2.32 bits per heavy atom. The first kappa shape index (κ1) is 13.9. The fraction of sp³-hybridized carbons (Fsp3) is 0.500. The van der Waals surface area contributed by atoms with E-state index in [0.717, 1.165) is 43.9 Å². The molecule has 0 aromatic heterocycles. The number of ether oxygens (including phenoxy) is 2.